The molecule has 5 heteroatoms. The van der Waals surface area contributed by atoms with Gasteiger partial charge in [0.1, 0.15) is 0 Å². The average Bonchev–Trinajstić information content (AvgIpc) is 2.17. The molecule has 0 spiro atoms. The van der Waals surface area contributed by atoms with Crippen molar-refractivity contribution in [2.45, 2.75) is 18.5 Å². The van der Waals surface area contributed by atoms with E-state index < -0.39 is 18.1 Å². The number of pyridine rings is 1. The number of aliphatic carboxylic acids is 1. The molecule has 2 atom stereocenters. The third kappa shape index (κ3) is 2.79. The maximum atomic E-state index is 10.4. The Hall–Kier alpha value is -1.46. The lowest BCUT2D eigenvalue weighted by atomic mass is 10.0. The Labute approximate surface area is 81.7 Å². The van der Waals surface area contributed by atoms with Crippen LogP contribution in [0, 0.1) is 0 Å². The van der Waals surface area contributed by atoms with Gasteiger partial charge in [0.05, 0.1) is 18.2 Å². The molecule has 0 amide bonds. The van der Waals surface area contributed by atoms with Crippen LogP contribution in [0.1, 0.15) is 18.2 Å². The molecular weight excluding hydrogens is 182 g/mol. The molecule has 5 nitrogen and oxygen atoms in total. The Bertz CT molecular complexity index is 302. The average molecular weight is 195 g/mol. The second-order valence-electron chi connectivity index (χ2n) is 3.04. The van der Waals surface area contributed by atoms with Gasteiger partial charge in [-0.15, -0.1) is 0 Å². The van der Waals surface area contributed by atoms with Crippen LogP contribution in [0.15, 0.2) is 24.4 Å². The fourth-order valence-corrected chi connectivity index (χ4v) is 1.12. The van der Waals surface area contributed by atoms with E-state index in [1.54, 1.807) is 24.4 Å². The third-order valence-electron chi connectivity index (χ3n) is 1.90. The van der Waals surface area contributed by atoms with Crippen molar-refractivity contribution >= 4 is 5.97 Å². The first kappa shape index (κ1) is 10.6. The molecule has 0 aliphatic carbocycles. The number of aromatic nitrogens is 1. The van der Waals surface area contributed by atoms with E-state index in [0.29, 0.717) is 5.69 Å². The van der Waals surface area contributed by atoms with E-state index in [4.69, 9.17) is 16.6 Å². The van der Waals surface area contributed by atoms with E-state index in [9.17, 15) is 4.79 Å². The summed E-state index contributed by atoms with van der Waals surface area (Å²) in [6.07, 6.45) is 1.44. The predicted octanol–water partition coefficient (Wildman–Crippen LogP) is -0.117. The van der Waals surface area contributed by atoms with E-state index in [2.05, 4.69) is 4.98 Å². The van der Waals surface area contributed by atoms with Crippen LogP contribution in [0.2, 0.25) is 0 Å². The Morgan fingerprint density at radius 1 is 1.50 bits per heavy atom. The molecule has 1 aromatic rings. The number of rotatable bonds is 4. The number of carbonyl (C=O) groups is 1. The first-order chi connectivity index (χ1) is 6.61. The first-order valence-electron chi connectivity index (χ1n) is 4.25. The van der Waals surface area contributed by atoms with E-state index in [0.717, 1.165) is 0 Å². The van der Waals surface area contributed by atoms with Gasteiger partial charge in [0.25, 0.3) is 0 Å². The number of nitrogens with two attached hydrogens (primary N) is 2. The van der Waals surface area contributed by atoms with Gasteiger partial charge in [-0.05, 0) is 12.1 Å². The normalized spacial score (nSPS) is 14.7. The van der Waals surface area contributed by atoms with Crippen molar-refractivity contribution in [3.63, 3.8) is 0 Å². The van der Waals surface area contributed by atoms with Gasteiger partial charge < -0.3 is 16.6 Å². The number of nitrogens with zero attached hydrogens (tertiary/aromatic N) is 1. The summed E-state index contributed by atoms with van der Waals surface area (Å²) in [5.41, 5.74) is 12.0. The third-order valence-corrected chi connectivity index (χ3v) is 1.90. The standard InChI is InChI=1S/C9H13N3O2/c10-6(5-8(13)14)9(11)7-3-1-2-4-12-7/h1-4,6,9H,5,10-11H2,(H,13,14). The molecule has 0 saturated heterocycles. The van der Waals surface area contributed by atoms with Crippen LogP contribution >= 0.6 is 0 Å². The van der Waals surface area contributed by atoms with Crippen molar-refractivity contribution in [3.05, 3.63) is 30.1 Å². The van der Waals surface area contributed by atoms with Gasteiger partial charge in [-0.25, -0.2) is 0 Å². The van der Waals surface area contributed by atoms with Gasteiger partial charge in [0.2, 0.25) is 0 Å². The Kier molecular flexibility index (Phi) is 3.55. The fourth-order valence-electron chi connectivity index (χ4n) is 1.12. The highest BCUT2D eigenvalue weighted by molar-refractivity contribution is 5.67. The minimum absolute atomic E-state index is 0.155. The maximum absolute atomic E-state index is 10.4. The number of hydrogen-bond donors (Lipinski definition) is 3. The summed E-state index contributed by atoms with van der Waals surface area (Å²) < 4.78 is 0. The zero-order chi connectivity index (χ0) is 10.6. The van der Waals surface area contributed by atoms with E-state index >= 15 is 0 Å². The van der Waals surface area contributed by atoms with E-state index in [1.165, 1.54) is 0 Å². The summed E-state index contributed by atoms with van der Waals surface area (Å²) in [6, 6.07) is 4.13. The Balaban J connectivity index is 2.65. The lowest BCUT2D eigenvalue weighted by Gasteiger charge is -2.17. The van der Waals surface area contributed by atoms with Crippen molar-refractivity contribution in [1.29, 1.82) is 0 Å². The molecule has 1 aromatic heterocycles. The molecule has 0 saturated carbocycles. The summed E-state index contributed by atoms with van der Waals surface area (Å²) in [6.45, 7) is 0. The quantitative estimate of drug-likeness (QED) is 0.621. The molecule has 0 aliphatic heterocycles. The van der Waals surface area contributed by atoms with Crippen LogP contribution in [0.4, 0.5) is 0 Å². The van der Waals surface area contributed by atoms with Crippen LogP contribution in [0.3, 0.4) is 0 Å². The lowest BCUT2D eigenvalue weighted by Crippen LogP contribution is -2.36. The highest BCUT2D eigenvalue weighted by Crippen LogP contribution is 2.11. The topological polar surface area (TPSA) is 102 Å². The molecule has 0 bridgehead atoms. The highest BCUT2D eigenvalue weighted by Gasteiger charge is 2.18. The van der Waals surface area contributed by atoms with Crippen LogP contribution in [-0.2, 0) is 4.79 Å². The SMILES string of the molecule is NC(CC(=O)O)C(N)c1ccccn1. The van der Waals surface area contributed by atoms with Crippen LogP contribution in [0.5, 0.6) is 0 Å². The summed E-state index contributed by atoms with van der Waals surface area (Å²) in [5.74, 6) is -0.955. The molecule has 14 heavy (non-hydrogen) atoms. The van der Waals surface area contributed by atoms with E-state index in [1.807, 2.05) is 0 Å². The van der Waals surface area contributed by atoms with Gasteiger partial charge in [0, 0.05) is 12.2 Å². The van der Waals surface area contributed by atoms with Crippen molar-refractivity contribution in [3.8, 4) is 0 Å². The maximum Gasteiger partial charge on any atom is 0.304 e. The lowest BCUT2D eigenvalue weighted by molar-refractivity contribution is -0.137. The number of carboxylic acids is 1. The zero-order valence-electron chi connectivity index (χ0n) is 7.63. The molecule has 0 fully saturated rings. The zero-order valence-corrected chi connectivity index (χ0v) is 7.63. The molecular formula is C9H13N3O2. The second-order valence-corrected chi connectivity index (χ2v) is 3.04. The summed E-state index contributed by atoms with van der Waals surface area (Å²) in [4.78, 5) is 14.4. The van der Waals surface area contributed by atoms with Crippen LogP contribution < -0.4 is 11.5 Å². The molecule has 0 aliphatic rings. The molecule has 1 heterocycles. The largest absolute Gasteiger partial charge is 0.481 e. The smallest absolute Gasteiger partial charge is 0.304 e. The Morgan fingerprint density at radius 3 is 2.71 bits per heavy atom. The van der Waals surface area contributed by atoms with Crippen molar-refractivity contribution in [2.24, 2.45) is 11.5 Å². The first-order valence-corrected chi connectivity index (χ1v) is 4.25. The van der Waals surface area contributed by atoms with Crippen LogP contribution in [-0.4, -0.2) is 22.1 Å². The number of carboxylic acid groups (broad SMARTS) is 1. The molecule has 0 aromatic carbocycles. The minimum Gasteiger partial charge on any atom is -0.481 e. The highest BCUT2D eigenvalue weighted by atomic mass is 16.4. The summed E-state index contributed by atoms with van der Waals surface area (Å²) in [7, 11) is 0. The van der Waals surface area contributed by atoms with E-state index in [-0.39, 0.29) is 6.42 Å². The van der Waals surface area contributed by atoms with Gasteiger partial charge in [-0.3, -0.25) is 9.78 Å². The van der Waals surface area contributed by atoms with Crippen LogP contribution in [0.25, 0.3) is 0 Å². The molecule has 0 radical (unpaired) electrons. The minimum atomic E-state index is -0.955. The number of hydrogen-bond acceptors (Lipinski definition) is 4. The molecule has 76 valence electrons. The van der Waals surface area contributed by atoms with Crippen molar-refractivity contribution in [1.82, 2.24) is 4.98 Å². The summed E-state index contributed by atoms with van der Waals surface area (Å²) >= 11 is 0. The van der Waals surface area contributed by atoms with Gasteiger partial charge in [0.15, 0.2) is 0 Å². The van der Waals surface area contributed by atoms with Gasteiger partial charge in [-0.2, -0.15) is 0 Å². The molecule has 5 N–H and O–H groups in total. The monoisotopic (exact) mass is 195 g/mol. The predicted molar refractivity (Wildman–Crippen MR) is 51.4 cm³/mol. The Morgan fingerprint density at radius 2 is 2.21 bits per heavy atom. The van der Waals surface area contributed by atoms with Crippen molar-refractivity contribution in [2.75, 3.05) is 0 Å². The van der Waals surface area contributed by atoms with Crippen molar-refractivity contribution < 1.29 is 9.90 Å². The molecule has 2 unspecified atom stereocenters. The van der Waals surface area contributed by atoms with Gasteiger partial charge >= 0.3 is 5.97 Å². The molecule has 1 rings (SSSR count). The fraction of sp³-hybridized carbons (Fsp3) is 0.333. The van der Waals surface area contributed by atoms with Gasteiger partial charge in [-0.1, -0.05) is 6.07 Å². The summed E-state index contributed by atoms with van der Waals surface area (Å²) in [5, 5.41) is 8.52. The second kappa shape index (κ2) is 4.69.